The number of likely N-dealkylation sites (tertiary alicyclic amines) is 1. The molecule has 1 saturated heterocycles. The smallest absolute Gasteiger partial charge is 0.321 e. The van der Waals surface area contributed by atoms with Crippen molar-refractivity contribution in [2.24, 2.45) is 5.92 Å². The number of nitrogens with one attached hydrogen (secondary N) is 1. The van der Waals surface area contributed by atoms with E-state index in [1.807, 2.05) is 0 Å². The molecule has 1 fully saturated rings. The van der Waals surface area contributed by atoms with Gasteiger partial charge >= 0.3 is 12.0 Å². The summed E-state index contributed by atoms with van der Waals surface area (Å²) in [6.07, 6.45) is 2.56. The van der Waals surface area contributed by atoms with Gasteiger partial charge in [0.2, 0.25) is 0 Å². The number of carboxylic acids is 1. The molecule has 2 amide bonds. The molecule has 0 radical (unpaired) electrons. The van der Waals surface area contributed by atoms with Crippen LogP contribution in [0.2, 0.25) is 0 Å². The molecule has 0 aromatic heterocycles. The summed E-state index contributed by atoms with van der Waals surface area (Å²) in [7, 11) is 0. The zero-order valence-corrected chi connectivity index (χ0v) is 11.7. The van der Waals surface area contributed by atoms with Gasteiger partial charge in [-0.05, 0) is 49.4 Å². The number of hydrogen-bond donors (Lipinski definition) is 2. The molecule has 1 aromatic rings. The van der Waals surface area contributed by atoms with Crippen molar-refractivity contribution in [1.29, 1.82) is 0 Å². The summed E-state index contributed by atoms with van der Waals surface area (Å²) in [5.41, 5.74) is 0.550. The van der Waals surface area contributed by atoms with Crippen LogP contribution in [0.1, 0.15) is 25.7 Å². The van der Waals surface area contributed by atoms with E-state index in [0.717, 1.165) is 12.8 Å². The molecule has 0 aliphatic carbocycles. The SMILES string of the molecule is O=C(O)CC[C@H]1CCCN(C(=O)Nc2ccc(F)cc2)C1. The number of piperidine rings is 1. The standard InChI is InChI=1S/C15H19FN2O3/c16-12-4-6-13(7-5-12)17-15(21)18-9-1-2-11(10-18)3-8-14(19)20/h4-7,11H,1-3,8-10H2,(H,17,21)(H,19,20)/t11-/m1/s1. The molecule has 0 unspecified atom stereocenters. The normalized spacial score (nSPS) is 18.3. The Bertz CT molecular complexity index is 504. The molecule has 2 rings (SSSR count). The Morgan fingerprint density at radius 3 is 2.71 bits per heavy atom. The molecule has 1 aliphatic heterocycles. The first kappa shape index (κ1) is 15.3. The Balaban J connectivity index is 1.86. The molecule has 1 atom stereocenters. The molecule has 1 aromatic carbocycles. The summed E-state index contributed by atoms with van der Waals surface area (Å²) in [6.45, 7) is 1.23. The fourth-order valence-electron chi connectivity index (χ4n) is 2.55. The first-order valence-electron chi connectivity index (χ1n) is 7.08. The second-order valence-corrected chi connectivity index (χ2v) is 5.32. The molecule has 114 valence electrons. The predicted octanol–water partition coefficient (Wildman–Crippen LogP) is 2.93. The van der Waals surface area contributed by atoms with Crippen LogP contribution < -0.4 is 5.32 Å². The van der Waals surface area contributed by atoms with E-state index < -0.39 is 5.97 Å². The number of carboxylic acid groups (broad SMARTS) is 1. The molecular weight excluding hydrogens is 275 g/mol. The summed E-state index contributed by atoms with van der Waals surface area (Å²) in [5, 5.41) is 11.4. The second-order valence-electron chi connectivity index (χ2n) is 5.32. The van der Waals surface area contributed by atoms with Crippen LogP contribution >= 0.6 is 0 Å². The second kappa shape index (κ2) is 7.06. The lowest BCUT2D eigenvalue weighted by atomic mass is 9.93. The number of benzene rings is 1. The van der Waals surface area contributed by atoms with Crippen molar-refractivity contribution >= 4 is 17.7 Å². The van der Waals surface area contributed by atoms with E-state index in [-0.39, 0.29) is 24.2 Å². The van der Waals surface area contributed by atoms with E-state index >= 15 is 0 Å². The third kappa shape index (κ3) is 4.73. The highest BCUT2D eigenvalue weighted by atomic mass is 19.1. The molecule has 1 heterocycles. The van der Waals surface area contributed by atoms with Crippen LogP contribution in [0.4, 0.5) is 14.9 Å². The van der Waals surface area contributed by atoms with Crippen LogP contribution in [0.15, 0.2) is 24.3 Å². The Kier molecular flexibility index (Phi) is 5.14. The number of anilines is 1. The van der Waals surface area contributed by atoms with Crippen molar-refractivity contribution < 1.29 is 19.1 Å². The number of amides is 2. The monoisotopic (exact) mass is 294 g/mol. The minimum Gasteiger partial charge on any atom is -0.481 e. The van der Waals surface area contributed by atoms with Gasteiger partial charge in [0.05, 0.1) is 0 Å². The molecule has 5 nitrogen and oxygen atoms in total. The van der Waals surface area contributed by atoms with Crippen LogP contribution in [0.25, 0.3) is 0 Å². The molecule has 0 spiro atoms. The van der Waals surface area contributed by atoms with Gasteiger partial charge in [-0.1, -0.05) is 0 Å². The van der Waals surface area contributed by atoms with Gasteiger partial charge in [-0.2, -0.15) is 0 Å². The van der Waals surface area contributed by atoms with E-state index in [2.05, 4.69) is 5.32 Å². The van der Waals surface area contributed by atoms with Crippen LogP contribution in [0.3, 0.4) is 0 Å². The van der Waals surface area contributed by atoms with Crippen LogP contribution in [0.5, 0.6) is 0 Å². The third-order valence-corrected chi connectivity index (χ3v) is 3.67. The van der Waals surface area contributed by atoms with Gasteiger partial charge in [-0.25, -0.2) is 9.18 Å². The first-order chi connectivity index (χ1) is 10.0. The van der Waals surface area contributed by atoms with Crippen molar-refractivity contribution in [3.8, 4) is 0 Å². The summed E-state index contributed by atoms with van der Waals surface area (Å²) >= 11 is 0. The number of carbonyl (C=O) groups excluding carboxylic acids is 1. The van der Waals surface area contributed by atoms with E-state index in [9.17, 15) is 14.0 Å². The largest absolute Gasteiger partial charge is 0.481 e. The maximum absolute atomic E-state index is 12.8. The number of hydrogen-bond acceptors (Lipinski definition) is 2. The number of halogens is 1. The highest BCUT2D eigenvalue weighted by Crippen LogP contribution is 2.21. The molecular formula is C15H19FN2O3. The van der Waals surface area contributed by atoms with Gasteiger partial charge in [-0.3, -0.25) is 4.79 Å². The summed E-state index contributed by atoms with van der Waals surface area (Å²) in [5.74, 6) is -0.920. The molecule has 1 aliphatic rings. The lowest BCUT2D eigenvalue weighted by Gasteiger charge is -2.32. The van der Waals surface area contributed by atoms with E-state index in [4.69, 9.17) is 5.11 Å². The van der Waals surface area contributed by atoms with Crippen molar-refractivity contribution in [3.05, 3.63) is 30.1 Å². The van der Waals surface area contributed by atoms with E-state index in [1.54, 1.807) is 4.90 Å². The fraction of sp³-hybridized carbons (Fsp3) is 0.467. The maximum Gasteiger partial charge on any atom is 0.321 e. The zero-order valence-electron chi connectivity index (χ0n) is 11.7. The molecule has 2 N–H and O–H groups in total. The highest BCUT2D eigenvalue weighted by Gasteiger charge is 2.24. The maximum atomic E-state index is 12.8. The van der Waals surface area contributed by atoms with Crippen molar-refractivity contribution in [1.82, 2.24) is 4.90 Å². The third-order valence-electron chi connectivity index (χ3n) is 3.67. The first-order valence-corrected chi connectivity index (χ1v) is 7.08. The van der Waals surface area contributed by atoms with E-state index in [0.29, 0.717) is 25.2 Å². The molecule has 21 heavy (non-hydrogen) atoms. The van der Waals surface area contributed by atoms with Gasteiger partial charge in [0.1, 0.15) is 5.82 Å². The molecule has 0 saturated carbocycles. The quantitative estimate of drug-likeness (QED) is 0.897. The Morgan fingerprint density at radius 1 is 1.33 bits per heavy atom. The topological polar surface area (TPSA) is 69.6 Å². The van der Waals surface area contributed by atoms with Crippen LogP contribution in [-0.2, 0) is 4.79 Å². The minimum absolute atomic E-state index is 0.137. The Labute approximate surface area is 122 Å². The Hall–Kier alpha value is -2.11. The molecule has 0 bridgehead atoms. The minimum atomic E-state index is -0.803. The predicted molar refractivity (Wildman–Crippen MR) is 76.6 cm³/mol. The zero-order chi connectivity index (χ0) is 15.2. The van der Waals surface area contributed by atoms with Gasteiger partial charge in [0.25, 0.3) is 0 Å². The van der Waals surface area contributed by atoms with Gasteiger partial charge in [0, 0.05) is 25.2 Å². The van der Waals surface area contributed by atoms with Gasteiger partial charge in [0.15, 0.2) is 0 Å². The van der Waals surface area contributed by atoms with Crippen LogP contribution in [-0.4, -0.2) is 35.1 Å². The lowest BCUT2D eigenvalue weighted by molar-refractivity contribution is -0.137. The highest BCUT2D eigenvalue weighted by molar-refractivity contribution is 5.89. The number of rotatable bonds is 4. The number of urea groups is 1. The average molecular weight is 294 g/mol. The van der Waals surface area contributed by atoms with Crippen LogP contribution in [0, 0.1) is 11.7 Å². The average Bonchev–Trinajstić information content (AvgIpc) is 2.48. The van der Waals surface area contributed by atoms with Crippen molar-refractivity contribution in [3.63, 3.8) is 0 Å². The fourth-order valence-corrected chi connectivity index (χ4v) is 2.55. The lowest BCUT2D eigenvalue weighted by Crippen LogP contribution is -2.42. The van der Waals surface area contributed by atoms with Gasteiger partial charge in [-0.15, -0.1) is 0 Å². The van der Waals surface area contributed by atoms with Crippen molar-refractivity contribution in [2.75, 3.05) is 18.4 Å². The number of carbonyl (C=O) groups is 2. The van der Waals surface area contributed by atoms with E-state index in [1.165, 1.54) is 24.3 Å². The summed E-state index contributed by atoms with van der Waals surface area (Å²) in [6, 6.07) is 5.39. The summed E-state index contributed by atoms with van der Waals surface area (Å²) in [4.78, 5) is 24.4. The van der Waals surface area contributed by atoms with Gasteiger partial charge < -0.3 is 15.3 Å². The summed E-state index contributed by atoms with van der Waals surface area (Å²) < 4.78 is 12.8. The number of aliphatic carboxylic acids is 1. The molecule has 6 heteroatoms. The van der Waals surface area contributed by atoms with Crippen molar-refractivity contribution in [2.45, 2.75) is 25.7 Å². The number of nitrogens with zero attached hydrogens (tertiary/aromatic N) is 1. The Morgan fingerprint density at radius 2 is 2.05 bits per heavy atom.